The molecule has 184 valence electrons. The van der Waals surface area contributed by atoms with Crippen LogP contribution < -0.4 is 16.0 Å². The van der Waals surface area contributed by atoms with Crippen LogP contribution in [0.4, 0.5) is 15.3 Å². The fourth-order valence-electron chi connectivity index (χ4n) is 4.51. The molecule has 0 saturated heterocycles. The Morgan fingerprint density at radius 3 is 2.35 bits per heavy atom. The first-order chi connectivity index (χ1) is 16.2. The van der Waals surface area contributed by atoms with Gasteiger partial charge in [-0.05, 0) is 83.0 Å². The zero-order chi connectivity index (χ0) is 24.7. The summed E-state index contributed by atoms with van der Waals surface area (Å²) in [5, 5.41) is 13.2. The van der Waals surface area contributed by atoms with Crippen LogP contribution in [0.15, 0.2) is 48.5 Å². The van der Waals surface area contributed by atoms with Gasteiger partial charge in [0.1, 0.15) is 5.60 Å². The summed E-state index contributed by atoms with van der Waals surface area (Å²) in [4.78, 5) is 26.2. The predicted molar refractivity (Wildman–Crippen MR) is 135 cm³/mol. The van der Waals surface area contributed by atoms with Crippen molar-refractivity contribution in [1.29, 1.82) is 0 Å². The van der Waals surface area contributed by atoms with Crippen LogP contribution in [-0.2, 0) is 11.2 Å². The van der Waals surface area contributed by atoms with Crippen molar-refractivity contribution in [3.8, 4) is 11.1 Å². The first kappa shape index (κ1) is 25.6. The number of nitrogens with one attached hydrogen (secondary N) is 1. The van der Waals surface area contributed by atoms with Crippen LogP contribution in [0.2, 0.25) is 0 Å². The van der Waals surface area contributed by atoms with Gasteiger partial charge in [-0.15, -0.1) is 0 Å². The molecule has 1 aliphatic rings. The molecule has 0 aliphatic heterocycles. The summed E-state index contributed by atoms with van der Waals surface area (Å²) in [6.07, 6.45) is 2.98. The van der Waals surface area contributed by atoms with Gasteiger partial charge in [-0.1, -0.05) is 42.5 Å². The van der Waals surface area contributed by atoms with E-state index < -0.39 is 17.8 Å². The number of hydrogen-bond donors (Lipinski definition) is 3. The summed E-state index contributed by atoms with van der Waals surface area (Å²) in [6.45, 7) is 6.09. The van der Waals surface area contributed by atoms with Crippen LogP contribution in [0.5, 0.6) is 0 Å². The Hall–Kier alpha value is -3.06. The fourth-order valence-corrected chi connectivity index (χ4v) is 4.51. The SMILES string of the molecule is CC(C)(C)OC(=O)N[C@H]1CC[C@H](N(C(=O)O)c2cc(CCCN)ccc2-c2ccccc2)CC1. The van der Waals surface area contributed by atoms with E-state index in [1.54, 1.807) is 0 Å². The lowest BCUT2D eigenvalue weighted by Crippen LogP contribution is -2.47. The average molecular weight is 468 g/mol. The van der Waals surface area contributed by atoms with Crippen molar-refractivity contribution in [2.45, 2.75) is 77.0 Å². The molecule has 2 aromatic carbocycles. The van der Waals surface area contributed by atoms with Crippen LogP contribution in [0.3, 0.4) is 0 Å². The van der Waals surface area contributed by atoms with Crippen molar-refractivity contribution in [1.82, 2.24) is 5.32 Å². The number of nitrogens with two attached hydrogens (primary N) is 1. The van der Waals surface area contributed by atoms with E-state index in [1.807, 2.05) is 63.2 Å². The quantitative estimate of drug-likeness (QED) is 0.494. The number of nitrogens with zero attached hydrogens (tertiary/aromatic N) is 1. The predicted octanol–water partition coefficient (Wildman–Crippen LogP) is 5.57. The number of amides is 2. The summed E-state index contributed by atoms with van der Waals surface area (Å²) in [7, 11) is 0. The van der Waals surface area contributed by atoms with E-state index in [1.165, 1.54) is 4.90 Å². The van der Waals surface area contributed by atoms with E-state index in [0.717, 1.165) is 29.5 Å². The number of aryl methyl sites for hydroxylation is 1. The van der Waals surface area contributed by atoms with E-state index >= 15 is 0 Å². The minimum Gasteiger partial charge on any atom is -0.465 e. The number of benzene rings is 2. The maximum Gasteiger partial charge on any atom is 0.412 e. The second-order valence-corrected chi connectivity index (χ2v) is 9.91. The Kier molecular flexibility index (Phi) is 8.56. The molecule has 7 heteroatoms. The third-order valence-electron chi connectivity index (χ3n) is 6.06. The van der Waals surface area contributed by atoms with Gasteiger partial charge in [0, 0.05) is 17.6 Å². The Morgan fingerprint density at radius 2 is 1.76 bits per heavy atom. The lowest BCUT2D eigenvalue weighted by molar-refractivity contribution is 0.0490. The van der Waals surface area contributed by atoms with Gasteiger partial charge in [0.2, 0.25) is 0 Å². The highest BCUT2D eigenvalue weighted by molar-refractivity contribution is 5.93. The Morgan fingerprint density at radius 1 is 1.09 bits per heavy atom. The first-order valence-corrected chi connectivity index (χ1v) is 12.1. The number of rotatable bonds is 7. The third-order valence-corrected chi connectivity index (χ3v) is 6.06. The summed E-state index contributed by atoms with van der Waals surface area (Å²) in [6, 6.07) is 15.8. The van der Waals surface area contributed by atoms with Gasteiger partial charge in [0.25, 0.3) is 0 Å². The Bertz CT molecular complexity index is 964. The lowest BCUT2D eigenvalue weighted by Gasteiger charge is -2.36. The number of carbonyl (C=O) groups is 2. The second kappa shape index (κ2) is 11.4. The van der Waals surface area contributed by atoms with Crippen LogP contribution in [0.25, 0.3) is 11.1 Å². The van der Waals surface area contributed by atoms with Crippen molar-refractivity contribution in [3.05, 3.63) is 54.1 Å². The van der Waals surface area contributed by atoms with Crippen molar-refractivity contribution in [2.24, 2.45) is 5.73 Å². The van der Waals surface area contributed by atoms with Gasteiger partial charge in [-0.2, -0.15) is 0 Å². The molecule has 34 heavy (non-hydrogen) atoms. The summed E-state index contributed by atoms with van der Waals surface area (Å²) in [5.41, 5.74) is 8.81. The van der Waals surface area contributed by atoms with Gasteiger partial charge < -0.3 is 20.9 Å². The number of carbonyl (C=O) groups excluding carboxylic acids is 1. The van der Waals surface area contributed by atoms with Crippen LogP contribution in [-0.4, -0.2) is 41.5 Å². The standard InChI is InChI=1S/C27H37N3O4/c1-27(2,3)34-25(31)29-21-12-14-22(15-13-21)30(26(32)33)24-18-19(8-7-17-28)11-16-23(24)20-9-5-4-6-10-20/h4-6,9-11,16,18,21-22H,7-8,12-15,17,28H2,1-3H3,(H,29,31)(H,32,33)/t21-,22-. The molecule has 1 saturated carbocycles. The van der Waals surface area contributed by atoms with Crippen molar-refractivity contribution >= 4 is 17.9 Å². The number of anilines is 1. The average Bonchev–Trinajstić information content (AvgIpc) is 2.78. The highest BCUT2D eigenvalue weighted by Crippen LogP contribution is 2.36. The summed E-state index contributed by atoms with van der Waals surface area (Å²) < 4.78 is 5.37. The number of ether oxygens (including phenoxy) is 1. The van der Waals surface area contributed by atoms with Gasteiger partial charge >= 0.3 is 12.2 Å². The van der Waals surface area contributed by atoms with Crippen LogP contribution in [0, 0.1) is 0 Å². The molecule has 0 bridgehead atoms. The van der Waals surface area contributed by atoms with Crippen LogP contribution >= 0.6 is 0 Å². The molecule has 0 atom stereocenters. The smallest absolute Gasteiger partial charge is 0.412 e. The zero-order valence-corrected chi connectivity index (χ0v) is 20.4. The zero-order valence-electron chi connectivity index (χ0n) is 20.4. The second-order valence-electron chi connectivity index (χ2n) is 9.91. The minimum absolute atomic E-state index is 0.0220. The minimum atomic E-state index is -0.961. The molecule has 0 radical (unpaired) electrons. The van der Waals surface area contributed by atoms with Crippen molar-refractivity contribution in [2.75, 3.05) is 11.4 Å². The van der Waals surface area contributed by atoms with E-state index in [-0.39, 0.29) is 12.1 Å². The molecule has 0 spiro atoms. The molecular formula is C27H37N3O4. The normalized spacial score (nSPS) is 18.2. The molecule has 2 amide bonds. The van der Waals surface area contributed by atoms with E-state index in [2.05, 4.69) is 11.4 Å². The summed E-state index contributed by atoms with van der Waals surface area (Å²) in [5.74, 6) is 0. The van der Waals surface area contributed by atoms with Crippen molar-refractivity contribution < 1.29 is 19.4 Å². The maximum atomic E-state index is 12.5. The molecule has 1 aliphatic carbocycles. The summed E-state index contributed by atoms with van der Waals surface area (Å²) >= 11 is 0. The Balaban J connectivity index is 1.82. The fraction of sp³-hybridized carbons (Fsp3) is 0.481. The van der Waals surface area contributed by atoms with Gasteiger partial charge in [0.15, 0.2) is 0 Å². The monoisotopic (exact) mass is 467 g/mol. The number of alkyl carbamates (subject to hydrolysis) is 1. The number of carboxylic acid groups (broad SMARTS) is 1. The molecule has 7 nitrogen and oxygen atoms in total. The van der Waals surface area contributed by atoms with Crippen molar-refractivity contribution in [3.63, 3.8) is 0 Å². The van der Waals surface area contributed by atoms with Gasteiger partial charge in [-0.25, -0.2) is 9.59 Å². The van der Waals surface area contributed by atoms with Gasteiger partial charge in [-0.3, -0.25) is 4.90 Å². The highest BCUT2D eigenvalue weighted by Gasteiger charge is 2.32. The molecule has 4 N–H and O–H groups in total. The topological polar surface area (TPSA) is 105 Å². The molecule has 0 heterocycles. The lowest BCUT2D eigenvalue weighted by atomic mass is 9.89. The van der Waals surface area contributed by atoms with E-state index in [0.29, 0.717) is 37.9 Å². The largest absolute Gasteiger partial charge is 0.465 e. The molecule has 2 aromatic rings. The Labute approximate surface area is 202 Å². The van der Waals surface area contributed by atoms with E-state index in [4.69, 9.17) is 10.5 Å². The van der Waals surface area contributed by atoms with Crippen LogP contribution in [0.1, 0.15) is 58.4 Å². The first-order valence-electron chi connectivity index (χ1n) is 12.1. The third kappa shape index (κ3) is 6.97. The molecular weight excluding hydrogens is 430 g/mol. The highest BCUT2D eigenvalue weighted by atomic mass is 16.6. The van der Waals surface area contributed by atoms with E-state index in [9.17, 15) is 14.7 Å². The molecule has 0 unspecified atom stereocenters. The van der Waals surface area contributed by atoms with Gasteiger partial charge in [0.05, 0.1) is 5.69 Å². The molecule has 1 fully saturated rings. The number of hydrogen-bond acceptors (Lipinski definition) is 4. The maximum absolute atomic E-state index is 12.5. The molecule has 3 rings (SSSR count). The molecule has 0 aromatic heterocycles.